The first-order chi connectivity index (χ1) is 7.13. The van der Waals surface area contributed by atoms with Gasteiger partial charge in [0, 0.05) is 6.54 Å². The molecule has 0 aliphatic heterocycles. The molecule has 0 aromatic heterocycles. The minimum absolute atomic E-state index is 0.908. The fourth-order valence-electron chi connectivity index (χ4n) is 1.31. The Hall–Kier alpha value is -1.28. The zero-order valence-corrected chi connectivity index (χ0v) is 9.95. The number of benzene rings is 1. The van der Waals surface area contributed by atoms with E-state index < -0.39 is 0 Å². The Bertz CT molecular complexity index is 342. The van der Waals surface area contributed by atoms with Crippen LogP contribution in [0.3, 0.4) is 0 Å². The van der Waals surface area contributed by atoms with Crippen LogP contribution in [0.4, 0.5) is 0 Å². The van der Waals surface area contributed by atoms with Crippen LogP contribution in [0.5, 0.6) is 5.75 Å². The van der Waals surface area contributed by atoms with E-state index in [1.165, 1.54) is 11.1 Å². The average molecular weight is 205 g/mol. The zero-order valence-electron chi connectivity index (χ0n) is 9.95. The van der Waals surface area contributed by atoms with E-state index in [0.717, 1.165) is 12.3 Å². The maximum Gasteiger partial charge on any atom is 0.119 e. The van der Waals surface area contributed by atoms with E-state index >= 15 is 0 Å². The number of likely N-dealkylation sites (N-methyl/N-ethyl adjacent to an activating group) is 1. The lowest BCUT2D eigenvalue weighted by Gasteiger charge is -2.08. The van der Waals surface area contributed by atoms with Gasteiger partial charge in [0.25, 0.3) is 0 Å². The smallest absolute Gasteiger partial charge is 0.119 e. The van der Waals surface area contributed by atoms with Gasteiger partial charge in [0.15, 0.2) is 0 Å². The van der Waals surface area contributed by atoms with E-state index in [2.05, 4.69) is 44.1 Å². The summed E-state index contributed by atoms with van der Waals surface area (Å²) in [5.41, 5.74) is 2.50. The van der Waals surface area contributed by atoms with Gasteiger partial charge in [-0.1, -0.05) is 18.2 Å². The molecule has 1 rings (SSSR count). The van der Waals surface area contributed by atoms with Crippen LogP contribution >= 0.6 is 0 Å². The molecule has 0 bridgehead atoms. The maximum atomic E-state index is 5.19. The summed E-state index contributed by atoms with van der Waals surface area (Å²) in [6.45, 7) is 3.08. The molecule has 0 saturated carbocycles. The van der Waals surface area contributed by atoms with Gasteiger partial charge in [-0.2, -0.15) is 0 Å². The Morgan fingerprint density at radius 2 is 2.13 bits per heavy atom. The lowest BCUT2D eigenvalue weighted by atomic mass is 10.1. The summed E-state index contributed by atoms with van der Waals surface area (Å²) in [6.07, 6.45) is 2.22. The standard InChI is InChI=1S/C13H19NO/c1-11(8-9-14(2)3)12-6-5-7-13(10-12)15-4/h5-8,10H,9H2,1-4H3/b11-8+. The summed E-state index contributed by atoms with van der Waals surface area (Å²) < 4.78 is 5.19. The Labute approximate surface area is 92.2 Å². The number of hydrogen-bond acceptors (Lipinski definition) is 2. The monoisotopic (exact) mass is 205 g/mol. The van der Waals surface area contributed by atoms with Crippen LogP contribution in [0.2, 0.25) is 0 Å². The number of ether oxygens (including phenoxy) is 1. The quantitative estimate of drug-likeness (QED) is 0.749. The molecular weight excluding hydrogens is 186 g/mol. The van der Waals surface area contributed by atoms with E-state index in [4.69, 9.17) is 4.74 Å². The molecule has 1 aromatic rings. The molecular formula is C13H19NO. The summed E-state index contributed by atoms with van der Waals surface area (Å²) in [5.74, 6) is 0.908. The van der Waals surface area contributed by atoms with Gasteiger partial charge in [-0.3, -0.25) is 0 Å². The van der Waals surface area contributed by atoms with Crippen molar-refractivity contribution >= 4 is 5.57 Å². The van der Waals surface area contributed by atoms with Gasteiger partial charge in [-0.15, -0.1) is 0 Å². The molecule has 0 unspecified atom stereocenters. The van der Waals surface area contributed by atoms with Crippen LogP contribution in [-0.4, -0.2) is 32.6 Å². The highest BCUT2D eigenvalue weighted by Gasteiger charge is 1.97. The van der Waals surface area contributed by atoms with Gasteiger partial charge < -0.3 is 9.64 Å². The van der Waals surface area contributed by atoms with Crippen molar-refractivity contribution in [3.8, 4) is 5.75 Å². The molecule has 2 nitrogen and oxygen atoms in total. The van der Waals surface area contributed by atoms with Crippen molar-refractivity contribution in [2.45, 2.75) is 6.92 Å². The number of nitrogens with zero attached hydrogens (tertiary/aromatic N) is 1. The lowest BCUT2D eigenvalue weighted by molar-refractivity contribution is 0.414. The van der Waals surface area contributed by atoms with E-state index in [1.54, 1.807) is 7.11 Å². The van der Waals surface area contributed by atoms with Crippen molar-refractivity contribution in [3.05, 3.63) is 35.9 Å². The van der Waals surface area contributed by atoms with E-state index in [1.807, 2.05) is 12.1 Å². The van der Waals surface area contributed by atoms with Crippen LogP contribution in [0, 0.1) is 0 Å². The van der Waals surface area contributed by atoms with Crippen LogP contribution in [0.1, 0.15) is 12.5 Å². The fraction of sp³-hybridized carbons (Fsp3) is 0.385. The second kappa shape index (κ2) is 5.56. The largest absolute Gasteiger partial charge is 0.497 e. The van der Waals surface area contributed by atoms with Crippen LogP contribution in [0.25, 0.3) is 5.57 Å². The Morgan fingerprint density at radius 3 is 2.73 bits per heavy atom. The van der Waals surface area contributed by atoms with Crippen molar-refractivity contribution in [1.82, 2.24) is 4.90 Å². The van der Waals surface area contributed by atoms with Gasteiger partial charge >= 0.3 is 0 Å². The summed E-state index contributed by atoms with van der Waals surface area (Å²) in [4.78, 5) is 2.14. The third kappa shape index (κ3) is 3.76. The van der Waals surface area contributed by atoms with Crippen molar-refractivity contribution in [2.75, 3.05) is 27.7 Å². The molecule has 0 heterocycles. The Kier molecular flexibility index (Phi) is 4.37. The van der Waals surface area contributed by atoms with Gasteiger partial charge in [-0.25, -0.2) is 0 Å². The third-order valence-corrected chi connectivity index (χ3v) is 2.29. The summed E-state index contributed by atoms with van der Waals surface area (Å²) in [7, 11) is 5.82. The summed E-state index contributed by atoms with van der Waals surface area (Å²) >= 11 is 0. The average Bonchev–Trinajstić information content (AvgIpc) is 2.26. The molecule has 0 N–H and O–H groups in total. The molecule has 0 saturated heterocycles. The highest BCUT2D eigenvalue weighted by molar-refractivity contribution is 5.64. The molecule has 15 heavy (non-hydrogen) atoms. The highest BCUT2D eigenvalue weighted by atomic mass is 16.5. The molecule has 0 atom stereocenters. The molecule has 0 radical (unpaired) electrons. The minimum Gasteiger partial charge on any atom is -0.497 e. The Balaban J connectivity index is 2.81. The van der Waals surface area contributed by atoms with E-state index in [-0.39, 0.29) is 0 Å². The zero-order chi connectivity index (χ0) is 11.3. The van der Waals surface area contributed by atoms with Crippen LogP contribution in [-0.2, 0) is 0 Å². The second-order valence-corrected chi connectivity index (χ2v) is 3.88. The topological polar surface area (TPSA) is 12.5 Å². The molecule has 0 spiro atoms. The normalized spacial score (nSPS) is 11.9. The van der Waals surface area contributed by atoms with Crippen LogP contribution in [0.15, 0.2) is 30.3 Å². The number of allylic oxidation sites excluding steroid dienone is 1. The number of hydrogen-bond donors (Lipinski definition) is 0. The first kappa shape index (κ1) is 11.8. The predicted octanol–water partition coefficient (Wildman–Crippen LogP) is 2.66. The molecule has 2 heteroatoms. The molecule has 1 aromatic carbocycles. The molecule has 0 fully saturated rings. The van der Waals surface area contributed by atoms with Gasteiger partial charge in [0.2, 0.25) is 0 Å². The molecule has 0 aliphatic carbocycles. The molecule has 0 aliphatic rings. The van der Waals surface area contributed by atoms with Gasteiger partial charge in [0.1, 0.15) is 5.75 Å². The first-order valence-corrected chi connectivity index (χ1v) is 5.09. The molecule has 0 amide bonds. The van der Waals surface area contributed by atoms with Crippen molar-refractivity contribution in [2.24, 2.45) is 0 Å². The third-order valence-electron chi connectivity index (χ3n) is 2.29. The first-order valence-electron chi connectivity index (χ1n) is 5.09. The van der Waals surface area contributed by atoms with Crippen molar-refractivity contribution in [1.29, 1.82) is 0 Å². The number of rotatable bonds is 4. The van der Waals surface area contributed by atoms with Crippen LogP contribution < -0.4 is 4.74 Å². The molecule has 82 valence electrons. The SMILES string of the molecule is COc1cccc(/C(C)=C/CN(C)C)c1. The van der Waals surface area contributed by atoms with Crippen molar-refractivity contribution < 1.29 is 4.74 Å². The van der Waals surface area contributed by atoms with Gasteiger partial charge in [-0.05, 0) is 44.3 Å². The number of methoxy groups -OCH3 is 1. The maximum absolute atomic E-state index is 5.19. The second-order valence-electron chi connectivity index (χ2n) is 3.88. The predicted molar refractivity (Wildman–Crippen MR) is 65.2 cm³/mol. The highest BCUT2D eigenvalue weighted by Crippen LogP contribution is 2.19. The fourth-order valence-corrected chi connectivity index (χ4v) is 1.31. The van der Waals surface area contributed by atoms with E-state index in [0.29, 0.717) is 0 Å². The van der Waals surface area contributed by atoms with Gasteiger partial charge in [0.05, 0.1) is 7.11 Å². The summed E-state index contributed by atoms with van der Waals surface area (Å²) in [6, 6.07) is 8.13. The Morgan fingerprint density at radius 1 is 1.40 bits per heavy atom. The van der Waals surface area contributed by atoms with Crippen molar-refractivity contribution in [3.63, 3.8) is 0 Å². The minimum atomic E-state index is 0.908. The lowest BCUT2D eigenvalue weighted by Crippen LogP contribution is -2.10. The summed E-state index contributed by atoms with van der Waals surface area (Å²) in [5, 5.41) is 0. The van der Waals surface area contributed by atoms with E-state index in [9.17, 15) is 0 Å².